The summed E-state index contributed by atoms with van der Waals surface area (Å²) in [5.74, 6) is 7.73. The fraction of sp³-hybridized carbons (Fsp3) is 0.885. The van der Waals surface area contributed by atoms with Crippen molar-refractivity contribution in [2.24, 2.45) is 52.3 Å². The number of aliphatic carboxylic acids is 1. The normalized spacial score (nSPS) is 48.6. The zero-order valence-corrected chi connectivity index (χ0v) is 18.3. The van der Waals surface area contributed by atoms with Crippen LogP contribution in [0.1, 0.15) is 91.4 Å². The smallest absolute Gasteiger partial charge is 0.303 e. The molecule has 0 spiro atoms. The van der Waals surface area contributed by atoms with Crippen LogP contribution in [0.4, 0.5) is 0 Å². The van der Waals surface area contributed by atoms with E-state index >= 15 is 0 Å². The Labute approximate surface area is 172 Å². The molecule has 156 valence electrons. The first-order chi connectivity index (χ1) is 13.3. The van der Waals surface area contributed by atoms with E-state index in [-0.39, 0.29) is 0 Å². The van der Waals surface area contributed by atoms with E-state index < -0.39 is 5.97 Å². The van der Waals surface area contributed by atoms with E-state index in [4.69, 9.17) is 11.5 Å². The minimum absolute atomic E-state index is 0.334. The van der Waals surface area contributed by atoms with E-state index in [9.17, 15) is 4.79 Å². The Morgan fingerprint density at radius 1 is 1.07 bits per heavy atom. The largest absolute Gasteiger partial charge is 0.481 e. The minimum atomic E-state index is -0.635. The fourth-order valence-electron chi connectivity index (χ4n) is 8.94. The first-order valence-corrected chi connectivity index (χ1v) is 12.0. The molecule has 2 nitrogen and oxygen atoms in total. The van der Waals surface area contributed by atoms with Crippen molar-refractivity contribution in [3.63, 3.8) is 0 Å². The number of fused-ring (bicyclic) bond motifs is 5. The Kier molecular flexibility index (Phi) is 5.35. The maximum absolute atomic E-state index is 11.1. The lowest BCUT2D eigenvalue weighted by Gasteiger charge is -2.61. The van der Waals surface area contributed by atoms with Crippen molar-refractivity contribution in [2.45, 2.75) is 91.4 Å². The molecule has 0 aliphatic heterocycles. The maximum atomic E-state index is 11.1. The van der Waals surface area contributed by atoms with E-state index in [1.54, 1.807) is 0 Å². The van der Waals surface area contributed by atoms with Gasteiger partial charge in [0, 0.05) is 12.3 Å². The summed E-state index contributed by atoms with van der Waals surface area (Å²) in [6, 6.07) is 0. The molecule has 0 aromatic heterocycles. The summed E-state index contributed by atoms with van der Waals surface area (Å²) in [7, 11) is 0. The molecule has 0 saturated heterocycles. The molecule has 4 fully saturated rings. The zero-order valence-electron chi connectivity index (χ0n) is 18.3. The van der Waals surface area contributed by atoms with Gasteiger partial charge in [0.05, 0.1) is 0 Å². The molecule has 0 aromatic carbocycles. The van der Waals surface area contributed by atoms with E-state index in [1.807, 2.05) is 0 Å². The minimum Gasteiger partial charge on any atom is -0.481 e. The third kappa shape index (κ3) is 3.12. The van der Waals surface area contributed by atoms with Gasteiger partial charge in [-0.25, -0.2) is 0 Å². The van der Waals surface area contributed by atoms with Gasteiger partial charge < -0.3 is 5.11 Å². The molecule has 4 rings (SSSR count). The molecule has 0 amide bonds. The standard InChI is InChI=1S/C26H40O2/c1-5-18-12-14-25(3)19(16-18)7-8-20-22-10-9-21(17(2)6-11-24(27)28)26(22,4)15-13-23(20)25/h1,17-23H,6-16H2,2-4H3,(H,27,28)/t17-,18+,19?,20+,21-,22+,23+,25+,26-/m1/s1. The Morgan fingerprint density at radius 2 is 1.79 bits per heavy atom. The number of carboxylic acid groups (broad SMARTS) is 1. The van der Waals surface area contributed by atoms with Crippen LogP contribution in [-0.4, -0.2) is 11.1 Å². The molecular formula is C26H40O2. The number of hydrogen-bond donors (Lipinski definition) is 1. The summed E-state index contributed by atoms with van der Waals surface area (Å²) in [6.07, 6.45) is 19.1. The second kappa shape index (κ2) is 7.37. The molecule has 0 heterocycles. The van der Waals surface area contributed by atoms with Crippen molar-refractivity contribution in [1.82, 2.24) is 0 Å². The quantitative estimate of drug-likeness (QED) is 0.570. The third-order valence-corrected chi connectivity index (χ3v) is 10.5. The topological polar surface area (TPSA) is 37.3 Å². The molecule has 1 unspecified atom stereocenters. The predicted molar refractivity (Wildman–Crippen MR) is 114 cm³/mol. The highest BCUT2D eigenvalue weighted by molar-refractivity contribution is 5.66. The lowest BCUT2D eigenvalue weighted by atomic mass is 9.44. The van der Waals surface area contributed by atoms with Gasteiger partial charge in [-0.15, -0.1) is 12.3 Å². The van der Waals surface area contributed by atoms with Crippen LogP contribution in [0.25, 0.3) is 0 Å². The van der Waals surface area contributed by atoms with Crippen LogP contribution in [0.5, 0.6) is 0 Å². The Morgan fingerprint density at radius 3 is 2.50 bits per heavy atom. The molecule has 1 N–H and O–H groups in total. The van der Waals surface area contributed by atoms with Gasteiger partial charge in [0.15, 0.2) is 0 Å². The van der Waals surface area contributed by atoms with Gasteiger partial charge >= 0.3 is 5.97 Å². The van der Waals surface area contributed by atoms with Gasteiger partial charge in [0.2, 0.25) is 0 Å². The van der Waals surface area contributed by atoms with Crippen molar-refractivity contribution in [3.05, 3.63) is 0 Å². The second-order valence-corrected chi connectivity index (χ2v) is 11.4. The average Bonchev–Trinajstić information content (AvgIpc) is 3.02. The van der Waals surface area contributed by atoms with Crippen molar-refractivity contribution in [2.75, 3.05) is 0 Å². The van der Waals surface area contributed by atoms with Gasteiger partial charge in [0.25, 0.3) is 0 Å². The van der Waals surface area contributed by atoms with Crippen molar-refractivity contribution < 1.29 is 9.90 Å². The van der Waals surface area contributed by atoms with Crippen molar-refractivity contribution in [1.29, 1.82) is 0 Å². The third-order valence-electron chi connectivity index (χ3n) is 10.5. The van der Waals surface area contributed by atoms with Gasteiger partial charge in [0.1, 0.15) is 0 Å². The lowest BCUT2D eigenvalue weighted by molar-refractivity contribution is -0.137. The summed E-state index contributed by atoms with van der Waals surface area (Å²) in [5.41, 5.74) is 0.961. The zero-order chi connectivity index (χ0) is 20.1. The molecule has 0 bridgehead atoms. The van der Waals surface area contributed by atoms with Gasteiger partial charge in [-0.2, -0.15) is 0 Å². The summed E-state index contributed by atoms with van der Waals surface area (Å²) >= 11 is 0. The Bertz CT molecular complexity index is 647. The molecule has 28 heavy (non-hydrogen) atoms. The fourth-order valence-corrected chi connectivity index (χ4v) is 8.94. The molecular weight excluding hydrogens is 344 g/mol. The van der Waals surface area contributed by atoms with E-state index in [1.165, 1.54) is 57.8 Å². The summed E-state index contributed by atoms with van der Waals surface area (Å²) in [6.45, 7) is 7.52. The number of terminal acetylenes is 1. The summed E-state index contributed by atoms with van der Waals surface area (Å²) in [4.78, 5) is 11.1. The van der Waals surface area contributed by atoms with Gasteiger partial charge in [-0.05, 0) is 111 Å². The van der Waals surface area contributed by atoms with Crippen molar-refractivity contribution in [3.8, 4) is 12.3 Å². The number of carboxylic acids is 1. The van der Waals surface area contributed by atoms with Crippen molar-refractivity contribution >= 4 is 5.97 Å². The average molecular weight is 385 g/mol. The molecule has 2 heteroatoms. The monoisotopic (exact) mass is 384 g/mol. The van der Waals surface area contributed by atoms with Gasteiger partial charge in [-0.1, -0.05) is 20.8 Å². The first-order valence-electron chi connectivity index (χ1n) is 12.0. The van der Waals surface area contributed by atoms with E-state index in [2.05, 4.69) is 26.7 Å². The highest BCUT2D eigenvalue weighted by Crippen LogP contribution is 2.68. The number of rotatable bonds is 4. The van der Waals surface area contributed by atoms with Crippen LogP contribution in [0.15, 0.2) is 0 Å². The molecule has 4 aliphatic rings. The molecule has 4 aliphatic carbocycles. The summed E-state index contributed by atoms with van der Waals surface area (Å²) < 4.78 is 0. The first kappa shape index (κ1) is 20.3. The van der Waals surface area contributed by atoms with E-state index in [0.717, 1.165) is 36.0 Å². The molecule has 0 aromatic rings. The highest BCUT2D eigenvalue weighted by Gasteiger charge is 2.60. The number of hydrogen-bond acceptors (Lipinski definition) is 1. The SMILES string of the molecule is C#C[C@H]1CC[C@@]2(C)C(CC[C@H]3[C@@H]4CC[C@H]([C@H](C)CCC(=O)O)[C@@]4(C)CC[C@@H]32)C1. The van der Waals surface area contributed by atoms with Crippen LogP contribution < -0.4 is 0 Å². The molecule has 0 radical (unpaired) electrons. The lowest BCUT2D eigenvalue weighted by Crippen LogP contribution is -2.53. The highest BCUT2D eigenvalue weighted by atomic mass is 16.4. The van der Waals surface area contributed by atoms with Crippen LogP contribution >= 0.6 is 0 Å². The predicted octanol–water partition coefficient (Wildman–Crippen LogP) is 6.40. The van der Waals surface area contributed by atoms with Crippen LogP contribution in [0.3, 0.4) is 0 Å². The summed E-state index contributed by atoms with van der Waals surface area (Å²) in [5, 5.41) is 9.12. The van der Waals surface area contributed by atoms with Crippen LogP contribution in [0.2, 0.25) is 0 Å². The Hall–Kier alpha value is -0.970. The van der Waals surface area contributed by atoms with Crippen LogP contribution in [0, 0.1) is 64.6 Å². The second-order valence-electron chi connectivity index (χ2n) is 11.4. The number of carbonyl (C=O) groups is 1. The van der Waals surface area contributed by atoms with Gasteiger partial charge in [-0.3, -0.25) is 4.79 Å². The van der Waals surface area contributed by atoms with Crippen LogP contribution in [-0.2, 0) is 4.79 Å². The Balaban J connectivity index is 1.50. The molecule has 4 saturated carbocycles. The molecule has 9 atom stereocenters. The van der Waals surface area contributed by atoms with E-state index in [0.29, 0.717) is 29.1 Å². The maximum Gasteiger partial charge on any atom is 0.303 e.